The van der Waals surface area contributed by atoms with Gasteiger partial charge in [-0.25, -0.2) is 0 Å². The van der Waals surface area contributed by atoms with Crippen LogP contribution in [0.2, 0.25) is 0 Å². The highest BCUT2D eigenvalue weighted by atomic mass is 32.1. The molecule has 0 radical (unpaired) electrons. The number of hydrogen-bond donors (Lipinski definition) is 1. The largest absolute Gasteiger partial charge is 0.508 e. The summed E-state index contributed by atoms with van der Waals surface area (Å²) in [5.41, 5.74) is 1.81. The Morgan fingerprint density at radius 3 is 1.90 bits per heavy atom. The van der Waals surface area contributed by atoms with Crippen LogP contribution in [0.5, 0.6) is 5.75 Å². The third-order valence-electron chi connectivity index (χ3n) is 8.87. The van der Waals surface area contributed by atoms with Gasteiger partial charge in [0.25, 0.3) is 0 Å². The fraction of sp³-hybridized carbons (Fsp3) is 0.333. The van der Waals surface area contributed by atoms with Gasteiger partial charge in [0.15, 0.2) is 0 Å². The van der Waals surface area contributed by atoms with E-state index in [4.69, 9.17) is 0 Å². The molecule has 0 unspecified atom stereocenters. The molecule has 4 heterocycles. The number of phenols is 1. The molecule has 4 aliphatic rings. The van der Waals surface area contributed by atoms with Gasteiger partial charge in [-0.2, -0.15) is 0 Å². The number of fused-ring (bicyclic) bond motifs is 4. The summed E-state index contributed by atoms with van der Waals surface area (Å²) in [7, 11) is 0. The monoisotopic (exact) mass is 558 g/mol. The van der Waals surface area contributed by atoms with Gasteiger partial charge >= 0.3 is 0 Å². The van der Waals surface area contributed by atoms with E-state index in [1.54, 1.807) is 24.3 Å². The van der Waals surface area contributed by atoms with Crippen LogP contribution in [0.1, 0.15) is 34.1 Å². The van der Waals surface area contributed by atoms with Crippen molar-refractivity contribution in [3.63, 3.8) is 0 Å². The molecule has 3 fully saturated rings. The minimum atomic E-state index is -0.574. The van der Waals surface area contributed by atoms with E-state index >= 15 is 0 Å². The van der Waals surface area contributed by atoms with Crippen LogP contribution in [0.25, 0.3) is 0 Å². The average molecular weight is 559 g/mol. The molecule has 7 rings (SSSR count). The number of rotatable bonds is 5. The highest BCUT2D eigenvalue weighted by Crippen LogP contribution is 2.58. The number of aromatic hydroxyl groups is 1. The van der Waals surface area contributed by atoms with E-state index in [1.165, 1.54) is 32.5 Å². The zero-order valence-electron chi connectivity index (χ0n) is 20.9. The van der Waals surface area contributed by atoms with Gasteiger partial charge < -0.3 is 5.11 Å². The molecular weight excluding hydrogens is 532 g/mol. The first-order chi connectivity index (χ1) is 18.9. The van der Waals surface area contributed by atoms with E-state index < -0.39 is 29.6 Å². The molecule has 1 aromatic carbocycles. The molecule has 2 aliphatic carbocycles. The van der Waals surface area contributed by atoms with Crippen LogP contribution in [0.3, 0.4) is 0 Å². The lowest BCUT2D eigenvalue weighted by Crippen LogP contribution is -2.43. The van der Waals surface area contributed by atoms with Crippen LogP contribution in [0.4, 0.5) is 0 Å². The van der Waals surface area contributed by atoms with Crippen molar-refractivity contribution in [3.05, 3.63) is 86.3 Å². The zero-order chi connectivity index (χ0) is 26.8. The molecule has 9 heteroatoms. The van der Waals surface area contributed by atoms with Crippen molar-refractivity contribution in [3.8, 4) is 5.75 Å². The number of likely N-dealkylation sites (tertiary alicyclic amines) is 2. The molecule has 4 amide bonds. The number of amides is 4. The summed E-state index contributed by atoms with van der Waals surface area (Å²) in [6, 6.07) is 14.5. The van der Waals surface area contributed by atoms with Crippen molar-refractivity contribution in [1.82, 2.24) is 9.80 Å². The van der Waals surface area contributed by atoms with Gasteiger partial charge in [-0.05, 0) is 59.3 Å². The third-order valence-corrected chi connectivity index (χ3v) is 10.6. The number of hydrogen-bond acceptors (Lipinski definition) is 7. The normalized spacial score (nSPS) is 29.9. The molecule has 2 aliphatic heterocycles. The Labute approximate surface area is 233 Å². The second-order valence-corrected chi connectivity index (χ2v) is 12.9. The Hall–Kier alpha value is -3.56. The standard InChI is InChI=1S/C30H26N2O5S2/c33-17-7-5-16(6-8-17)24-20-9-10-21-25(29(36)31(27(21)34)14-18-3-1-11-38-18)22(20)13-23-26(24)30(37)32(28(23)35)15-19-4-2-12-39-19/h1-9,11-12,21-26,33H,10,13-15H2/t21-,22+,23+,24-,25-,26+/m0/s1. The molecule has 0 spiro atoms. The van der Waals surface area contributed by atoms with Crippen molar-refractivity contribution >= 4 is 46.3 Å². The van der Waals surface area contributed by atoms with Crippen molar-refractivity contribution in [2.75, 3.05) is 0 Å². The summed E-state index contributed by atoms with van der Waals surface area (Å²) in [5, 5.41) is 13.8. The quantitative estimate of drug-likeness (QED) is 0.366. The van der Waals surface area contributed by atoms with Crippen molar-refractivity contribution in [2.45, 2.75) is 31.8 Å². The van der Waals surface area contributed by atoms with Gasteiger partial charge in [-0.15, -0.1) is 22.7 Å². The summed E-state index contributed by atoms with van der Waals surface area (Å²) >= 11 is 3.03. The lowest BCUT2D eigenvalue weighted by molar-refractivity contribution is -0.142. The molecular formula is C30H26N2O5S2. The molecule has 6 atom stereocenters. The van der Waals surface area contributed by atoms with E-state index in [-0.39, 0.29) is 48.4 Å². The number of imide groups is 2. The Kier molecular flexibility index (Phi) is 5.82. The van der Waals surface area contributed by atoms with Gasteiger partial charge in [0, 0.05) is 15.7 Å². The van der Waals surface area contributed by atoms with Crippen LogP contribution in [-0.4, -0.2) is 38.5 Å². The molecule has 39 heavy (non-hydrogen) atoms. The molecule has 2 saturated heterocycles. The van der Waals surface area contributed by atoms with Crippen molar-refractivity contribution in [1.29, 1.82) is 0 Å². The van der Waals surface area contributed by atoms with Crippen molar-refractivity contribution in [2.24, 2.45) is 29.6 Å². The third kappa shape index (κ3) is 3.82. The second-order valence-electron chi connectivity index (χ2n) is 10.8. The minimum absolute atomic E-state index is 0.120. The number of phenolic OH excluding ortho intramolecular Hbond substituents is 1. The molecule has 7 nitrogen and oxygen atoms in total. The number of nitrogens with zero attached hydrogens (tertiary/aromatic N) is 2. The number of benzene rings is 1. The highest BCUT2D eigenvalue weighted by Gasteiger charge is 2.61. The Morgan fingerprint density at radius 1 is 0.718 bits per heavy atom. The SMILES string of the molecule is O=C1[C@H]2[C@H](CC=C3[C@H]2C[C@H]2C(=O)N(Cc4cccs4)C(=O)[C@H]2[C@H]3c2ccc(O)cc2)C(=O)N1Cc1cccs1. The van der Waals surface area contributed by atoms with Gasteiger partial charge in [0.2, 0.25) is 23.6 Å². The fourth-order valence-corrected chi connectivity index (χ4v) is 8.59. The average Bonchev–Trinajstić information content (AvgIpc) is 3.73. The molecule has 3 aromatic rings. The maximum Gasteiger partial charge on any atom is 0.234 e. The van der Waals surface area contributed by atoms with E-state index in [0.29, 0.717) is 12.8 Å². The maximum atomic E-state index is 13.9. The number of carbonyl (C=O) groups excluding carboxylic acids is 4. The molecule has 1 saturated carbocycles. The Bertz CT molecular complexity index is 1490. The smallest absolute Gasteiger partial charge is 0.234 e. The second kappa shape index (κ2) is 9.27. The summed E-state index contributed by atoms with van der Waals surface area (Å²) in [6.45, 7) is 0.510. The molecule has 1 N–H and O–H groups in total. The first kappa shape index (κ1) is 24.5. The van der Waals surface area contributed by atoms with Gasteiger partial charge in [0.05, 0.1) is 36.8 Å². The summed E-state index contributed by atoms with van der Waals surface area (Å²) in [5.74, 6) is -3.40. The Morgan fingerprint density at radius 2 is 1.31 bits per heavy atom. The highest BCUT2D eigenvalue weighted by molar-refractivity contribution is 7.10. The summed E-state index contributed by atoms with van der Waals surface area (Å²) in [4.78, 5) is 59.6. The topological polar surface area (TPSA) is 95.0 Å². The van der Waals surface area contributed by atoms with Crippen LogP contribution in [-0.2, 0) is 32.3 Å². The van der Waals surface area contributed by atoms with Gasteiger partial charge in [-0.3, -0.25) is 29.0 Å². The summed E-state index contributed by atoms with van der Waals surface area (Å²) < 4.78 is 0. The number of carbonyl (C=O) groups is 4. The van der Waals surface area contributed by atoms with Gasteiger partial charge in [0.1, 0.15) is 5.75 Å². The van der Waals surface area contributed by atoms with Crippen LogP contribution in [0, 0.1) is 29.6 Å². The maximum absolute atomic E-state index is 13.9. The first-order valence-corrected chi connectivity index (χ1v) is 14.9. The molecule has 2 aromatic heterocycles. The van der Waals surface area contributed by atoms with E-state index in [0.717, 1.165) is 20.9 Å². The van der Waals surface area contributed by atoms with E-state index in [2.05, 4.69) is 6.08 Å². The minimum Gasteiger partial charge on any atom is -0.508 e. The summed E-state index contributed by atoms with van der Waals surface area (Å²) in [6.07, 6.45) is 2.87. The Balaban J connectivity index is 1.28. The van der Waals surface area contributed by atoms with Gasteiger partial charge in [-0.1, -0.05) is 35.9 Å². The van der Waals surface area contributed by atoms with Crippen LogP contribution in [0.15, 0.2) is 70.9 Å². The fourth-order valence-electron chi connectivity index (χ4n) is 7.20. The molecule has 0 bridgehead atoms. The molecule has 198 valence electrons. The zero-order valence-corrected chi connectivity index (χ0v) is 22.6. The number of thiophene rings is 2. The first-order valence-electron chi connectivity index (χ1n) is 13.2. The van der Waals surface area contributed by atoms with Crippen LogP contribution >= 0.6 is 22.7 Å². The van der Waals surface area contributed by atoms with Crippen LogP contribution < -0.4 is 0 Å². The van der Waals surface area contributed by atoms with E-state index in [1.807, 2.05) is 35.0 Å². The predicted octanol–water partition coefficient (Wildman–Crippen LogP) is 4.55. The van der Waals surface area contributed by atoms with Crippen molar-refractivity contribution < 1.29 is 24.3 Å². The lowest BCUT2D eigenvalue weighted by atomic mass is 9.57. The van der Waals surface area contributed by atoms with E-state index in [9.17, 15) is 24.3 Å². The number of allylic oxidation sites excluding steroid dienone is 2. The lowest BCUT2D eigenvalue weighted by Gasteiger charge is -2.44. The predicted molar refractivity (Wildman–Crippen MR) is 145 cm³/mol.